The SMILES string of the molecule is CCOC(=O)C(NC(=O)Nc1ccc(F)cc1)(OCC(F)(F)F)C(F)(F)F. The first-order valence-corrected chi connectivity index (χ1v) is 7.10. The van der Waals surface area contributed by atoms with Crippen LogP contribution in [0.1, 0.15) is 6.92 Å². The van der Waals surface area contributed by atoms with Crippen LogP contribution in [-0.2, 0) is 14.3 Å². The normalized spacial score (nSPS) is 14.2. The van der Waals surface area contributed by atoms with Crippen LogP contribution in [0, 0.1) is 5.82 Å². The molecule has 0 fully saturated rings. The predicted molar refractivity (Wildman–Crippen MR) is 76.0 cm³/mol. The molecule has 152 valence electrons. The summed E-state index contributed by atoms with van der Waals surface area (Å²) in [4.78, 5) is 23.5. The van der Waals surface area contributed by atoms with E-state index in [1.165, 1.54) is 0 Å². The lowest BCUT2D eigenvalue weighted by atomic mass is 10.2. The van der Waals surface area contributed by atoms with Crippen molar-refractivity contribution in [1.82, 2.24) is 5.32 Å². The molecule has 2 amide bonds. The maximum atomic E-state index is 13.4. The summed E-state index contributed by atoms with van der Waals surface area (Å²) in [6.45, 7) is -2.03. The van der Waals surface area contributed by atoms with Crippen molar-refractivity contribution in [3.05, 3.63) is 30.1 Å². The number of carbonyl (C=O) groups excluding carboxylic acids is 2. The average Bonchev–Trinajstić information content (AvgIpc) is 2.51. The molecule has 13 heteroatoms. The highest BCUT2D eigenvalue weighted by Gasteiger charge is 2.66. The van der Waals surface area contributed by atoms with Gasteiger partial charge in [0.2, 0.25) is 0 Å². The number of carbonyl (C=O) groups is 2. The van der Waals surface area contributed by atoms with Gasteiger partial charge in [-0.2, -0.15) is 26.3 Å². The van der Waals surface area contributed by atoms with Crippen LogP contribution in [0.4, 0.5) is 41.2 Å². The largest absolute Gasteiger partial charge is 0.462 e. The zero-order valence-electron chi connectivity index (χ0n) is 13.5. The summed E-state index contributed by atoms with van der Waals surface area (Å²) in [6, 6.07) is 1.90. The highest BCUT2D eigenvalue weighted by molar-refractivity contribution is 5.94. The molecule has 1 unspecified atom stereocenters. The minimum Gasteiger partial charge on any atom is -0.462 e. The molecule has 0 saturated heterocycles. The molecule has 0 aliphatic carbocycles. The van der Waals surface area contributed by atoms with Crippen molar-refractivity contribution in [3.63, 3.8) is 0 Å². The summed E-state index contributed by atoms with van der Waals surface area (Å²) < 4.78 is 97.8. The summed E-state index contributed by atoms with van der Waals surface area (Å²) in [5.41, 5.74) is -4.62. The highest BCUT2D eigenvalue weighted by atomic mass is 19.4. The molecule has 0 heterocycles. The Hall–Kier alpha value is -2.57. The van der Waals surface area contributed by atoms with E-state index in [2.05, 4.69) is 9.47 Å². The summed E-state index contributed by atoms with van der Waals surface area (Å²) >= 11 is 0. The van der Waals surface area contributed by atoms with Gasteiger partial charge in [0, 0.05) is 5.69 Å². The van der Waals surface area contributed by atoms with Gasteiger partial charge in [0.1, 0.15) is 12.4 Å². The Morgan fingerprint density at radius 1 is 1.04 bits per heavy atom. The molecular formula is C14H13F7N2O4. The van der Waals surface area contributed by atoms with Crippen molar-refractivity contribution >= 4 is 17.7 Å². The van der Waals surface area contributed by atoms with Crippen LogP contribution in [-0.4, -0.2) is 43.3 Å². The number of esters is 1. The number of ether oxygens (including phenoxy) is 2. The fourth-order valence-corrected chi connectivity index (χ4v) is 1.69. The Bertz CT molecular complexity index is 661. The molecule has 27 heavy (non-hydrogen) atoms. The van der Waals surface area contributed by atoms with Crippen LogP contribution in [0.2, 0.25) is 0 Å². The number of alkyl halides is 6. The smallest absolute Gasteiger partial charge is 0.448 e. The molecule has 0 bridgehead atoms. The standard InChI is InChI=1S/C14H13F7N2O4/c1-2-26-10(24)13(14(19,20)21,27-7-12(16,17)18)23-11(25)22-9-5-3-8(15)4-6-9/h3-6H,2,7H2,1H3,(H2,22,23,25). The average molecular weight is 406 g/mol. The van der Waals surface area contributed by atoms with E-state index >= 15 is 0 Å². The Balaban J connectivity index is 3.15. The van der Waals surface area contributed by atoms with Crippen molar-refractivity contribution in [2.24, 2.45) is 0 Å². The van der Waals surface area contributed by atoms with Crippen LogP contribution < -0.4 is 10.6 Å². The number of urea groups is 1. The van der Waals surface area contributed by atoms with Gasteiger partial charge in [0.25, 0.3) is 0 Å². The highest BCUT2D eigenvalue weighted by Crippen LogP contribution is 2.34. The molecule has 0 aliphatic rings. The van der Waals surface area contributed by atoms with Crippen LogP contribution >= 0.6 is 0 Å². The maximum Gasteiger partial charge on any atom is 0.448 e. The van der Waals surface area contributed by atoms with Gasteiger partial charge in [-0.15, -0.1) is 0 Å². The number of halogens is 7. The third kappa shape index (κ3) is 6.27. The second-order valence-electron chi connectivity index (χ2n) is 4.89. The molecule has 1 aromatic carbocycles. The van der Waals surface area contributed by atoms with E-state index in [1.54, 1.807) is 5.32 Å². The van der Waals surface area contributed by atoms with Gasteiger partial charge < -0.3 is 14.8 Å². The quantitative estimate of drug-likeness (QED) is 0.432. The molecule has 1 atom stereocenters. The van der Waals surface area contributed by atoms with Crippen molar-refractivity contribution < 1.29 is 49.8 Å². The Morgan fingerprint density at radius 2 is 1.59 bits per heavy atom. The minimum absolute atomic E-state index is 0.204. The van der Waals surface area contributed by atoms with Gasteiger partial charge in [0.05, 0.1) is 6.61 Å². The monoisotopic (exact) mass is 406 g/mol. The lowest BCUT2D eigenvalue weighted by molar-refractivity contribution is -0.305. The van der Waals surface area contributed by atoms with Crippen LogP contribution in [0.25, 0.3) is 0 Å². The molecule has 0 spiro atoms. The van der Waals surface area contributed by atoms with Gasteiger partial charge >= 0.3 is 30.1 Å². The van der Waals surface area contributed by atoms with Gasteiger partial charge in [-0.25, -0.2) is 14.0 Å². The van der Waals surface area contributed by atoms with E-state index in [4.69, 9.17) is 0 Å². The van der Waals surface area contributed by atoms with Gasteiger partial charge in [-0.3, -0.25) is 5.32 Å². The first-order valence-electron chi connectivity index (χ1n) is 7.10. The van der Waals surface area contributed by atoms with Crippen LogP contribution in [0.5, 0.6) is 0 Å². The molecule has 1 rings (SSSR count). The summed E-state index contributed by atoms with van der Waals surface area (Å²) in [6.07, 6.45) is -11.0. The number of nitrogens with one attached hydrogen (secondary N) is 2. The molecule has 0 saturated carbocycles. The minimum atomic E-state index is -5.80. The lowest BCUT2D eigenvalue weighted by Crippen LogP contribution is -2.67. The molecular weight excluding hydrogens is 393 g/mol. The molecule has 0 aliphatic heterocycles. The number of anilines is 1. The predicted octanol–water partition coefficient (Wildman–Crippen LogP) is 3.35. The van der Waals surface area contributed by atoms with E-state index < -0.39 is 49.1 Å². The summed E-state index contributed by atoms with van der Waals surface area (Å²) in [7, 11) is 0. The van der Waals surface area contributed by atoms with Crippen molar-refractivity contribution in [2.75, 3.05) is 18.5 Å². The van der Waals surface area contributed by atoms with Crippen molar-refractivity contribution in [1.29, 1.82) is 0 Å². The van der Waals surface area contributed by atoms with Crippen LogP contribution in [0.3, 0.4) is 0 Å². The molecule has 2 N–H and O–H groups in total. The fourth-order valence-electron chi connectivity index (χ4n) is 1.69. The zero-order chi connectivity index (χ0) is 20.9. The van der Waals surface area contributed by atoms with Gasteiger partial charge in [-0.05, 0) is 31.2 Å². The summed E-state index contributed by atoms with van der Waals surface area (Å²) in [5.74, 6) is -3.01. The number of rotatable bonds is 6. The topological polar surface area (TPSA) is 76.7 Å². The van der Waals surface area contributed by atoms with Crippen molar-refractivity contribution in [3.8, 4) is 0 Å². The van der Waals surface area contributed by atoms with Gasteiger partial charge in [0.15, 0.2) is 0 Å². The third-order valence-electron chi connectivity index (χ3n) is 2.81. The molecule has 1 aromatic rings. The molecule has 6 nitrogen and oxygen atoms in total. The molecule has 0 radical (unpaired) electrons. The Labute approximate surface area is 147 Å². The van der Waals surface area contributed by atoms with E-state index in [-0.39, 0.29) is 5.69 Å². The molecule has 0 aromatic heterocycles. The first kappa shape index (κ1) is 22.5. The second kappa shape index (κ2) is 8.41. The van der Waals surface area contributed by atoms with E-state index in [0.29, 0.717) is 0 Å². The maximum absolute atomic E-state index is 13.4. The second-order valence-corrected chi connectivity index (χ2v) is 4.89. The lowest BCUT2D eigenvalue weighted by Gasteiger charge is -2.33. The Kier molecular flexibility index (Phi) is 7.00. The van der Waals surface area contributed by atoms with Gasteiger partial charge in [-0.1, -0.05) is 0 Å². The first-order chi connectivity index (χ1) is 12.3. The van der Waals surface area contributed by atoms with E-state index in [9.17, 15) is 40.3 Å². The number of benzene rings is 1. The van der Waals surface area contributed by atoms with E-state index in [0.717, 1.165) is 36.5 Å². The summed E-state index contributed by atoms with van der Waals surface area (Å²) in [5, 5.41) is 2.83. The number of amides is 2. The zero-order valence-corrected chi connectivity index (χ0v) is 13.5. The van der Waals surface area contributed by atoms with E-state index in [1.807, 2.05) is 0 Å². The van der Waals surface area contributed by atoms with Crippen molar-refractivity contribution in [2.45, 2.75) is 25.0 Å². The fraction of sp³-hybridized carbons (Fsp3) is 0.429. The van der Waals surface area contributed by atoms with Crippen LogP contribution in [0.15, 0.2) is 24.3 Å². The third-order valence-corrected chi connectivity index (χ3v) is 2.81. The Morgan fingerprint density at radius 3 is 2.04 bits per heavy atom. The number of hydrogen-bond donors (Lipinski definition) is 2. The number of hydrogen-bond acceptors (Lipinski definition) is 4.